The van der Waals surface area contributed by atoms with Gasteiger partial charge in [-0.1, -0.05) is 0 Å². The molecule has 0 bridgehead atoms. The normalized spacial score (nSPS) is 17.3. The molecular weight excluding hydrogens is 348 g/mol. The van der Waals surface area contributed by atoms with Crippen LogP contribution in [0.5, 0.6) is 0 Å². The Morgan fingerprint density at radius 2 is 1.74 bits per heavy atom. The molecule has 8 nitrogen and oxygen atoms in total. The Kier molecular flexibility index (Phi) is 5.83. The maximum atomic E-state index is 12.7. The molecular formula is C19H26N4O4. The van der Waals surface area contributed by atoms with Gasteiger partial charge in [0, 0.05) is 44.0 Å². The summed E-state index contributed by atoms with van der Waals surface area (Å²) in [5.74, 6) is 0.516. The first-order chi connectivity index (χ1) is 12.9. The van der Waals surface area contributed by atoms with Crippen molar-refractivity contribution in [1.29, 1.82) is 0 Å². The Hall–Kier alpha value is -2.77. The number of nitrogens with zero attached hydrogens (tertiary/aromatic N) is 2. The first-order valence-electron chi connectivity index (χ1n) is 9.34. The summed E-state index contributed by atoms with van der Waals surface area (Å²) in [6.07, 6.45) is 2.72. The van der Waals surface area contributed by atoms with E-state index in [4.69, 9.17) is 5.11 Å². The van der Waals surface area contributed by atoms with E-state index in [9.17, 15) is 14.4 Å². The lowest BCUT2D eigenvalue weighted by Gasteiger charge is -2.35. The van der Waals surface area contributed by atoms with Crippen LogP contribution < -0.4 is 10.6 Å². The number of nitrogens with one attached hydrogen (secondary N) is 2. The van der Waals surface area contributed by atoms with Gasteiger partial charge in [-0.25, -0.2) is 9.59 Å². The molecule has 1 saturated heterocycles. The number of anilines is 1. The fraction of sp³-hybridized carbons (Fsp3) is 0.526. The maximum absolute atomic E-state index is 12.7. The van der Waals surface area contributed by atoms with E-state index in [1.807, 2.05) is 0 Å². The number of hydrogen-bond acceptors (Lipinski definition) is 3. The number of urea groups is 1. The third kappa shape index (κ3) is 5.12. The summed E-state index contributed by atoms with van der Waals surface area (Å²) in [5, 5.41) is 14.6. The minimum Gasteiger partial charge on any atom is -0.465 e. The summed E-state index contributed by atoms with van der Waals surface area (Å²) in [6.45, 7) is 1.58. The van der Waals surface area contributed by atoms with Crippen LogP contribution in [0.4, 0.5) is 15.3 Å². The van der Waals surface area contributed by atoms with Gasteiger partial charge < -0.3 is 25.5 Å². The zero-order valence-electron chi connectivity index (χ0n) is 15.5. The van der Waals surface area contributed by atoms with Crippen molar-refractivity contribution in [1.82, 2.24) is 15.1 Å². The van der Waals surface area contributed by atoms with Crippen LogP contribution in [0.15, 0.2) is 24.3 Å². The van der Waals surface area contributed by atoms with Crippen LogP contribution in [0, 0.1) is 5.92 Å². The van der Waals surface area contributed by atoms with Gasteiger partial charge in [-0.05, 0) is 55.9 Å². The van der Waals surface area contributed by atoms with E-state index < -0.39 is 6.09 Å². The molecule has 0 radical (unpaired) electrons. The van der Waals surface area contributed by atoms with Gasteiger partial charge in [0.2, 0.25) is 0 Å². The van der Waals surface area contributed by atoms with E-state index in [-0.39, 0.29) is 18.0 Å². The molecule has 146 valence electrons. The fourth-order valence-corrected chi connectivity index (χ4v) is 3.24. The van der Waals surface area contributed by atoms with Gasteiger partial charge in [-0.3, -0.25) is 4.79 Å². The van der Waals surface area contributed by atoms with Crippen LogP contribution in [0.2, 0.25) is 0 Å². The summed E-state index contributed by atoms with van der Waals surface area (Å²) in [5.41, 5.74) is 1.18. The topological polar surface area (TPSA) is 102 Å². The Balaban J connectivity index is 1.50. The summed E-state index contributed by atoms with van der Waals surface area (Å²) in [4.78, 5) is 38.5. The number of carbonyl (C=O) groups is 3. The Bertz CT molecular complexity index is 694. The number of likely N-dealkylation sites (tertiary alicyclic amines) is 1. The van der Waals surface area contributed by atoms with Crippen LogP contribution >= 0.6 is 0 Å². The van der Waals surface area contributed by atoms with Crippen molar-refractivity contribution in [2.24, 2.45) is 5.92 Å². The minimum atomic E-state index is -0.910. The van der Waals surface area contributed by atoms with E-state index in [1.54, 1.807) is 36.2 Å². The smallest absolute Gasteiger partial charge is 0.407 e. The van der Waals surface area contributed by atoms with Gasteiger partial charge in [0.15, 0.2) is 0 Å². The van der Waals surface area contributed by atoms with Gasteiger partial charge in [-0.15, -0.1) is 0 Å². The summed E-state index contributed by atoms with van der Waals surface area (Å²) >= 11 is 0. The Labute approximate surface area is 158 Å². The highest BCUT2D eigenvalue weighted by atomic mass is 16.4. The highest BCUT2D eigenvalue weighted by Gasteiger charge is 2.27. The summed E-state index contributed by atoms with van der Waals surface area (Å²) in [7, 11) is 1.75. The van der Waals surface area contributed by atoms with E-state index in [2.05, 4.69) is 10.6 Å². The minimum absolute atomic E-state index is 0.0269. The lowest BCUT2D eigenvalue weighted by molar-refractivity contribution is 0.0641. The average molecular weight is 374 g/mol. The van der Waals surface area contributed by atoms with Crippen molar-refractivity contribution in [2.75, 3.05) is 32.0 Å². The number of rotatable bonds is 5. The van der Waals surface area contributed by atoms with Crippen molar-refractivity contribution in [3.8, 4) is 0 Å². The average Bonchev–Trinajstić information content (AvgIpc) is 3.50. The number of amides is 4. The lowest BCUT2D eigenvalue weighted by atomic mass is 10.0. The van der Waals surface area contributed by atoms with Gasteiger partial charge >= 0.3 is 12.1 Å². The third-order valence-electron chi connectivity index (χ3n) is 5.24. The molecule has 0 aromatic heterocycles. The molecule has 8 heteroatoms. The van der Waals surface area contributed by atoms with Gasteiger partial charge in [0.05, 0.1) is 0 Å². The third-order valence-corrected chi connectivity index (χ3v) is 5.24. The van der Waals surface area contributed by atoms with Gasteiger partial charge in [0.25, 0.3) is 5.91 Å². The molecule has 3 N–H and O–H groups in total. The number of hydrogen-bond donors (Lipinski definition) is 3. The number of piperidine rings is 1. The summed E-state index contributed by atoms with van der Waals surface area (Å²) < 4.78 is 0. The van der Waals surface area contributed by atoms with E-state index in [0.717, 1.165) is 0 Å². The van der Waals surface area contributed by atoms with E-state index in [1.165, 1.54) is 17.7 Å². The van der Waals surface area contributed by atoms with E-state index >= 15 is 0 Å². The van der Waals surface area contributed by atoms with Crippen LogP contribution in [0.1, 0.15) is 36.0 Å². The first-order valence-corrected chi connectivity index (χ1v) is 9.34. The second-order valence-corrected chi connectivity index (χ2v) is 7.27. The Morgan fingerprint density at radius 3 is 2.30 bits per heavy atom. The number of carbonyl (C=O) groups excluding carboxylic acids is 2. The zero-order chi connectivity index (χ0) is 19.4. The molecule has 1 heterocycles. The molecule has 4 amide bonds. The molecule has 3 rings (SSSR count). The van der Waals surface area contributed by atoms with Crippen LogP contribution in [-0.2, 0) is 0 Å². The molecule has 27 heavy (non-hydrogen) atoms. The van der Waals surface area contributed by atoms with Crippen LogP contribution in [-0.4, -0.2) is 65.7 Å². The highest BCUT2D eigenvalue weighted by molar-refractivity contribution is 5.95. The molecule has 1 aromatic carbocycles. The van der Waals surface area contributed by atoms with Crippen molar-refractivity contribution < 1.29 is 19.5 Å². The molecule has 1 aliphatic carbocycles. The number of benzene rings is 1. The van der Waals surface area contributed by atoms with Gasteiger partial charge in [0.1, 0.15) is 0 Å². The van der Waals surface area contributed by atoms with E-state index in [0.29, 0.717) is 49.6 Å². The molecule has 0 atom stereocenters. The van der Waals surface area contributed by atoms with Crippen molar-refractivity contribution in [2.45, 2.75) is 31.7 Å². The molecule has 1 aliphatic heterocycles. The predicted octanol–water partition coefficient (Wildman–Crippen LogP) is 2.43. The Morgan fingerprint density at radius 1 is 1.11 bits per heavy atom. The quantitative estimate of drug-likeness (QED) is 0.737. The molecule has 2 aliphatic rings. The largest absolute Gasteiger partial charge is 0.465 e. The fourth-order valence-electron chi connectivity index (χ4n) is 3.24. The highest BCUT2D eigenvalue weighted by Crippen LogP contribution is 2.27. The SMILES string of the molecule is CN(C(=O)c1ccc(NC(=O)NCC2CC2)cc1)C1CCN(C(=O)O)CC1. The molecule has 1 saturated carbocycles. The maximum Gasteiger partial charge on any atom is 0.407 e. The molecule has 1 aromatic rings. The van der Waals surface area contributed by atoms with Crippen molar-refractivity contribution in [3.05, 3.63) is 29.8 Å². The molecule has 0 spiro atoms. The zero-order valence-corrected chi connectivity index (χ0v) is 15.5. The number of carboxylic acid groups (broad SMARTS) is 1. The molecule has 0 unspecified atom stereocenters. The van der Waals surface area contributed by atoms with Crippen molar-refractivity contribution in [3.63, 3.8) is 0 Å². The first kappa shape index (κ1) is 19.0. The van der Waals surface area contributed by atoms with Crippen LogP contribution in [0.25, 0.3) is 0 Å². The predicted molar refractivity (Wildman–Crippen MR) is 101 cm³/mol. The lowest BCUT2D eigenvalue weighted by Crippen LogP contribution is -2.46. The second kappa shape index (κ2) is 8.28. The van der Waals surface area contributed by atoms with Crippen LogP contribution in [0.3, 0.4) is 0 Å². The van der Waals surface area contributed by atoms with Crippen molar-refractivity contribution >= 4 is 23.7 Å². The standard InChI is InChI=1S/C19H26N4O4/c1-22(16-8-10-23(11-9-16)19(26)27)17(24)14-4-6-15(7-5-14)21-18(25)20-12-13-2-3-13/h4-7,13,16H,2-3,8-12H2,1H3,(H,26,27)(H2,20,21,25). The van der Waals surface area contributed by atoms with Gasteiger partial charge in [-0.2, -0.15) is 0 Å². The monoisotopic (exact) mass is 374 g/mol. The molecule has 2 fully saturated rings. The second-order valence-electron chi connectivity index (χ2n) is 7.27. The summed E-state index contributed by atoms with van der Waals surface area (Å²) in [6, 6.07) is 6.61.